The molecule has 0 N–H and O–H groups in total. The lowest BCUT2D eigenvalue weighted by molar-refractivity contribution is -0.259. The normalized spacial score (nSPS) is 34.4. The van der Waals surface area contributed by atoms with Crippen molar-refractivity contribution in [1.29, 1.82) is 0 Å². The highest BCUT2D eigenvalue weighted by molar-refractivity contribution is 6.31. The van der Waals surface area contributed by atoms with Crippen molar-refractivity contribution in [1.82, 2.24) is 15.0 Å². The van der Waals surface area contributed by atoms with Crippen LogP contribution in [0.15, 0.2) is 4.52 Å². The zero-order valence-corrected chi connectivity index (χ0v) is 10.9. The molecular formula is C12H13N3O5. The van der Waals surface area contributed by atoms with Gasteiger partial charge in [-0.25, -0.2) is 14.5 Å². The minimum Gasteiger partial charge on any atom is -0.400 e. The number of carbonyl (C=O) groups is 2. The summed E-state index contributed by atoms with van der Waals surface area (Å²) in [6.07, 6.45) is 1.91. The smallest absolute Gasteiger partial charge is 0.400 e. The number of carbonyl (C=O) groups excluding carboxylic acids is 2. The molecule has 8 nitrogen and oxygen atoms in total. The second kappa shape index (κ2) is 3.57. The zero-order valence-electron chi connectivity index (χ0n) is 10.9. The number of piperidine rings is 1. The first-order valence-electron chi connectivity index (χ1n) is 6.55. The summed E-state index contributed by atoms with van der Waals surface area (Å²) in [6, 6.07) is 0. The molecule has 20 heavy (non-hydrogen) atoms. The van der Waals surface area contributed by atoms with E-state index in [1.807, 2.05) is 4.90 Å². The number of ether oxygens (including phenoxy) is 2. The van der Waals surface area contributed by atoms with Crippen molar-refractivity contribution in [2.75, 3.05) is 13.1 Å². The monoisotopic (exact) mass is 279 g/mol. The van der Waals surface area contributed by atoms with Crippen molar-refractivity contribution >= 4 is 11.9 Å². The minimum absolute atomic E-state index is 0.228. The topological polar surface area (TPSA) is 94.8 Å². The fourth-order valence-electron chi connectivity index (χ4n) is 3.34. The van der Waals surface area contributed by atoms with Gasteiger partial charge in [0.05, 0.1) is 5.41 Å². The lowest BCUT2D eigenvalue weighted by Crippen LogP contribution is -2.54. The summed E-state index contributed by atoms with van der Waals surface area (Å²) < 4.78 is 15.6. The lowest BCUT2D eigenvalue weighted by Gasteiger charge is -2.40. The van der Waals surface area contributed by atoms with E-state index in [0.717, 1.165) is 6.42 Å². The molecule has 1 spiro atoms. The number of aromatic nitrogens is 2. The second-order valence-corrected chi connectivity index (χ2v) is 5.59. The summed E-state index contributed by atoms with van der Waals surface area (Å²) in [6.45, 7) is 3.01. The molecule has 3 saturated heterocycles. The Morgan fingerprint density at radius 1 is 1.15 bits per heavy atom. The summed E-state index contributed by atoms with van der Waals surface area (Å²) in [5.74, 6) is -1.84. The number of hydrogen-bond acceptors (Lipinski definition) is 8. The Bertz CT molecular complexity index is 596. The van der Waals surface area contributed by atoms with Crippen LogP contribution in [-0.2, 0) is 24.5 Å². The van der Waals surface area contributed by atoms with Gasteiger partial charge < -0.3 is 14.0 Å². The van der Waals surface area contributed by atoms with Crippen LogP contribution in [0.3, 0.4) is 0 Å². The van der Waals surface area contributed by atoms with Crippen LogP contribution in [0.1, 0.15) is 31.0 Å². The average Bonchev–Trinajstić information content (AvgIpc) is 3.06. The Labute approximate surface area is 114 Å². The number of fused-ring (bicyclic) bond motifs is 3. The van der Waals surface area contributed by atoms with Gasteiger partial charge in [-0.3, -0.25) is 0 Å². The Balaban J connectivity index is 1.64. The molecule has 106 valence electrons. The van der Waals surface area contributed by atoms with Crippen molar-refractivity contribution in [3.8, 4) is 0 Å². The second-order valence-electron chi connectivity index (χ2n) is 5.59. The van der Waals surface area contributed by atoms with Crippen molar-refractivity contribution in [3.63, 3.8) is 0 Å². The summed E-state index contributed by atoms with van der Waals surface area (Å²) in [4.78, 5) is 28.8. The summed E-state index contributed by atoms with van der Waals surface area (Å²) >= 11 is 0. The molecule has 3 fully saturated rings. The number of esters is 2. The van der Waals surface area contributed by atoms with E-state index in [9.17, 15) is 9.59 Å². The van der Waals surface area contributed by atoms with E-state index >= 15 is 0 Å². The molecule has 2 unspecified atom stereocenters. The summed E-state index contributed by atoms with van der Waals surface area (Å²) in [5, 5.41) is 3.84. The van der Waals surface area contributed by atoms with E-state index in [0.29, 0.717) is 37.6 Å². The van der Waals surface area contributed by atoms with E-state index in [2.05, 4.69) is 10.1 Å². The molecular weight excluding hydrogens is 266 g/mol. The fourth-order valence-corrected chi connectivity index (χ4v) is 3.34. The molecule has 0 amide bonds. The summed E-state index contributed by atoms with van der Waals surface area (Å²) in [5.41, 5.74) is -0.228. The van der Waals surface area contributed by atoms with Gasteiger partial charge in [0.15, 0.2) is 5.82 Å². The zero-order chi connectivity index (χ0) is 14.0. The minimum atomic E-state index is -1.22. The van der Waals surface area contributed by atoms with Crippen LogP contribution >= 0.6 is 0 Å². The first kappa shape index (κ1) is 11.8. The van der Waals surface area contributed by atoms with Gasteiger partial charge in [-0.15, -0.1) is 0 Å². The van der Waals surface area contributed by atoms with Gasteiger partial charge in [0.2, 0.25) is 5.89 Å². The fraction of sp³-hybridized carbons (Fsp3) is 0.667. The standard InChI is InChI=1S/C12H13N3O5/c1-7-13-10(20-14-7)11-2-3-12(15(6-11)5-4-11)18-8(16)9(17)19-12/h2-6H2,1H3. The highest BCUT2D eigenvalue weighted by Gasteiger charge is 2.62. The van der Waals surface area contributed by atoms with Crippen LogP contribution < -0.4 is 0 Å². The number of hydrogen-bond donors (Lipinski definition) is 0. The van der Waals surface area contributed by atoms with E-state index in [1.165, 1.54) is 0 Å². The molecule has 0 aliphatic carbocycles. The quantitative estimate of drug-likeness (QED) is 0.518. The third-order valence-corrected chi connectivity index (χ3v) is 4.41. The van der Waals surface area contributed by atoms with Gasteiger partial charge in [0, 0.05) is 19.5 Å². The van der Waals surface area contributed by atoms with Crippen molar-refractivity contribution in [2.24, 2.45) is 0 Å². The Morgan fingerprint density at radius 2 is 1.90 bits per heavy atom. The lowest BCUT2D eigenvalue weighted by atomic mass is 9.80. The molecule has 2 atom stereocenters. The van der Waals surface area contributed by atoms with E-state index in [1.54, 1.807) is 6.92 Å². The molecule has 1 aromatic rings. The van der Waals surface area contributed by atoms with Crippen molar-refractivity contribution in [2.45, 2.75) is 37.5 Å². The average molecular weight is 279 g/mol. The van der Waals surface area contributed by atoms with Gasteiger partial charge in [-0.2, -0.15) is 4.98 Å². The highest BCUT2D eigenvalue weighted by atomic mass is 16.8. The van der Waals surface area contributed by atoms with Crippen LogP contribution in [0.2, 0.25) is 0 Å². The highest BCUT2D eigenvalue weighted by Crippen LogP contribution is 2.49. The third kappa shape index (κ3) is 1.39. The summed E-state index contributed by atoms with van der Waals surface area (Å²) in [7, 11) is 0. The molecule has 0 radical (unpaired) electrons. The maximum atomic E-state index is 11.3. The number of aryl methyl sites for hydroxylation is 1. The first-order chi connectivity index (χ1) is 9.53. The SMILES string of the molecule is Cc1noc(C23CCN(C2)C2(CC3)OC(=O)C(=O)O2)n1. The third-order valence-electron chi connectivity index (χ3n) is 4.41. The van der Waals surface area contributed by atoms with Gasteiger partial charge in [0.25, 0.3) is 0 Å². The Hall–Kier alpha value is -1.96. The first-order valence-corrected chi connectivity index (χ1v) is 6.55. The van der Waals surface area contributed by atoms with Gasteiger partial charge in [-0.05, 0) is 19.8 Å². The van der Waals surface area contributed by atoms with Gasteiger partial charge >= 0.3 is 17.8 Å². The van der Waals surface area contributed by atoms with Gasteiger partial charge in [0.1, 0.15) is 0 Å². The van der Waals surface area contributed by atoms with Crippen LogP contribution in [0.4, 0.5) is 0 Å². The molecule has 1 aromatic heterocycles. The maximum absolute atomic E-state index is 11.3. The number of rotatable bonds is 1. The molecule has 3 aliphatic heterocycles. The van der Waals surface area contributed by atoms with Crippen LogP contribution in [0, 0.1) is 6.92 Å². The molecule has 3 aliphatic rings. The van der Waals surface area contributed by atoms with E-state index in [4.69, 9.17) is 14.0 Å². The molecule has 0 aromatic carbocycles. The van der Waals surface area contributed by atoms with Crippen LogP contribution in [-0.4, -0.2) is 46.0 Å². The predicted octanol–water partition coefficient (Wildman–Crippen LogP) is -0.131. The van der Waals surface area contributed by atoms with E-state index < -0.39 is 17.8 Å². The molecule has 4 rings (SSSR count). The van der Waals surface area contributed by atoms with Crippen LogP contribution in [0.5, 0.6) is 0 Å². The Morgan fingerprint density at radius 3 is 2.55 bits per heavy atom. The molecule has 0 saturated carbocycles. The van der Waals surface area contributed by atoms with Gasteiger partial charge in [-0.1, -0.05) is 5.16 Å². The molecule has 2 bridgehead atoms. The van der Waals surface area contributed by atoms with E-state index in [-0.39, 0.29) is 5.41 Å². The maximum Gasteiger partial charge on any atom is 0.421 e. The molecule has 8 heteroatoms. The van der Waals surface area contributed by atoms with Crippen molar-refractivity contribution in [3.05, 3.63) is 11.7 Å². The largest absolute Gasteiger partial charge is 0.421 e. The molecule has 4 heterocycles. The predicted molar refractivity (Wildman–Crippen MR) is 61.1 cm³/mol. The number of nitrogens with zero attached hydrogens (tertiary/aromatic N) is 3. The van der Waals surface area contributed by atoms with Crippen LogP contribution in [0.25, 0.3) is 0 Å². The van der Waals surface area contributed by atoms with Crippen molar-refractivity contribution < 1.29 is 23.6 Å². The Kier molecular flexibility index (Phi) is 2.11.